The molecule has 0 radical (unpaired) electrons. The molecule has 1 atom stereocenters. The maximum Gasteiger partial charge on any atom is 0.350 e. The molecule has 0 aromatic rings. The van der Waals surface area contributed by atoms with Gasteiger partial charge in [0.2, 0.25) is 0 Å². The Morgan fingerprint density at radius 3 is 2.25 bits per heavy atom. The standard InChI is InChI=1S/C5H12F2N2O2S/c1-4(8-2)3-9-12(10,11)5(6)7/h4-5,8-9H,3H2,1-2H3. The van der Waals surface area contributed by atoms with Crippen molar-refractivity contribution in [1.82, 2.24) is 10.0 Å². The van der Waals surface area contributed by atoms with Gasteiger partial charge in [-0.2, -0.15) is 8.78 Å². The molecule has 0 aromatic carbocycles. The zero-order chi connectivity index (χ0) is 9.78. The number of hydrogen-bond acceptors (Lipinski definition) is 3. The van der Waals surface area contributed by atoms with Crippen LogP contribution in [0.5, 0.6) is 0 Å². The van der Waals surface area contributed by atoms with Gasteiger partial charge in [0.1, 0.15) is 0 Å². The molecule has 0 amide bonds. The maximum absolute atomic E-state index is 11.7. The van der Waals surface area contributed by atoms with Gasteiger partial charge in [-0.25, -0.2) is 13.1 Å². The average molecular weight is 202 g/mol. The van der Waals surface area contributed by atoms with Crippen molar-refractivity contribution in [2.45, 2.75) is 18.7 Å². The van der Waals surface area contributed by atoms with Gasteiger partial charge in [-0.05, 0) is 14.0 Å². The average Bonchev–Trinajstić information content (AvgIpc) is 2.00. The summed E-state index contributed by atoms with van der Waals surface area (Å²) in [7, 11) is -2.81. The number of nitrogens with one attached hydrogen (secondary N) is 2. The van der Waals surface area contributed by atoms with Gasteiger partial charge in [0.25, 0.3) is 10.0 Å². The summed E-state index contributed by atoms with van der Waals surface area (Å²) in [6.07, 6.45) is 0. The van der Waals surface area contributed by atoms with E-state index in [-0.39, 0.29) is 12.6 Å². The van der Waals surface area contributed by atoms with E-state index >= 15 is 0 Å². The van der Waals surface area contributed by atoms with E-state index in [1.165, 1.54) is 0 Å². The van der Waals surface area contributed by atoms with E-state index in [4.69, 9.17) is 0 Å². The highest BCUT2D eigenvalue weighted by atomic mass is 32.2. The van der Waals surface area contributed by atoms with Gasteiger partial charge in [0, 0.05) is 12.6 Å². The second kappa shape index (κ2) is 4.68. The minimum atomic E-state index is -4.43. The van der Waals surface area contributed by atoms with Crippen LogP contribution in [0.3, 0.4) is 0 Å². The van der Waals surface area contributed by atoms with Crippen molar-refractivity contribution in [2.24, 2.45) is 0 Å². The lowest BCUT2D eigenvalue weighted by molar-refractivity contribution is 0.232. The molecule has 12 heavy (non-hydrogen) atoms. The van der Waals surface area contributed by atoms with Crippen LogP contribution in [0.25, 0.3) is 0 Å². The Morgan fingerprint density at radius 2 is 1.92 bits per heavy atom. The molecule has 0 aromatic heterocycles. The van der Waals surface area contributed by atoms with E-state index in [1.807, 2.05) is 0 Å². The number of sulfonamides is 1. The zero-order valence-corrected chi connectivity index (χ0v) is 7.66. The molecule has 74 valence electrons. The van der Waals surface area contributed by atoms with E-state index in [0.717, 1.165) is 0 Å². The topological polar surface area (TPSA) is 58.2 Å². The van der Waals surface area contributed by atoms with E-state index in [9.17, 15) is 17.2 Å². The first-order valence-electron chi connectivity index (χ1n) is 3.34. The summed E-state index contributed by atoms with van der Waals surface area (Å²) in [5.41, 5.74) is 0. The van der Waals surface area contributed by atoms with Crippen molar-refractivity contribution in [3.8, 4) is 0 Å². The number of likely N-dealkylation sites (N-methyl/N-ethyl adjacent to an activating group) is 1. The molecule has 1 unspecified atom stereocenters. The Hall–Kier alpha value is -0.270. The summed E-state index contributed by atoms with van der Waals surface area (Å²) in [4.78, 5) is 0. The lowest BCUT2D eigenvalue weighted by atomic mass is 10.4. The molecule has 0 aliphatic heterocycles. The number of rotatable bonds is 5. The van der Waals surface area contributed by atoms with Crippen LogP contribution in [0.15, 0.2) is 0 Å². The van der Waals surface area contributed by atoms with Gasteiger partial charge >= 0.3 is 5.76 Å². The van der Waals surface area contributed by atoms with Crippen molar-refractivity contribution in [3.63, 3.8) is 0 Å². The molecule has 0 aliphatic carbocycles. The first kappa shape index (κ1) is 11.7. The lowest BCUT2D eigenvalue weighted by Crippen LogP contribution is -2.39. The molecule has 7 heteroatoms. The van der Waals surface area contributed by atoms with Crippen molar-refractivity contribution in [3.05, 3.63) is 0 Å². The van der Waals surface area contributed by atoms with Crippen molar-refractivity contribution < 1.29 is 17.2 Å². The van der Waals surface area contributed by atoms with Gasteiger partial charge in [0.05, 0.1) is 0 Å². The summed E-state index contributed by atoms with van der Waals surface area (Å²) >= 11 is 0. The molecular weight excluding hydrogens is 190 g/mol. The molecule has 4 nitrogen and oxygen atoms in total. The highest BCUT2D eigenvalue weighted by Crippen LogP contribution is 2.00. The Morgan fingerprint density at radius 1 is 1.42 bits per heavy atom. The Bertz CT molecular complexity index is 217. The fraction of sp³-hybridized carbons (Fsp3) is 1.00. The fourth-order valence-corrected chi connectivity index (χ4v) is 1.01. The van der Waals surface area contributed by atoms with Crippen molar-refractivity contribution in [1.29, 1.82) is 0 Å². The van der Waals surface area contributed by atoms with Gasteiger partial charge in [0.15, 0.2) is 0 Å². The lowest BCUT2D eigenvalue weighted by Gasteiger charge is -2.10. The molecule has 0 aliphatic rings. The van der Waals surface area contributed by atoms with Crippen LogP contribution in [0.4, 0.5) is 8.78 Å². The number of halogens is 2. The van der Waals surface area contributed by atoms with Crippen LogP contribution in [0, 0.1) is 0 Å². The molecule has 2 N–H and O–H groups in total. The van der Waals surface area contributed by atoms with Crippen LogP contribution >= 0.6 is 0 Å². The van der Waals surface area contributed by atoms with Crippen LogP contribution in [-0.4, -0.2) is 33.8 Å². The second-order valence-corrected chi connectivity index (χ2v) is 4.08. The summed E-state index contributed by atoms with van der Waals surface area (Å²) in [5, 5.41) is 2.70. The van der Waals surface area contributed by atoms with E-state index in [2.05, 4.69) is 5.32 Å². The first-order chi connectivity index (χ1) is 5.40. The Kier molecular flexibility index (Phi) is 4.58. The highest BCUT2D eigenvalue weighted by molar-refractivity contribution is 7.89. The minimum Gasteiger partial charge on any atom is -0.316 e. The van der Waals surface area contributed by atoms with Crippen molar-refractivity contribution >= 4 is 10.0 Å². The SMILES string of the molecule is CNC(C)CNS(=O)(=O)C(F)F. The van der Waals surface area contributed by atoms with E-state index < -0.39 is 15.8 Å². The molecule has 0 rings (SSSR count). The first-order valence-corrected chi connectivity index (χ1v) is 4.88. The zero-order valence-electron chi connectivity index (χ0n) is 6.84. The van der Waals surface area contributed by atoms with Crippen LogP contribution in [0.2, 0.25) is 0 Å². The summed E-state index contributed by atoms with van der Waals surface area (Å²) in [5.74, 6) is -3.36. The predicted molar refractivity (Wildman–Crippen MR) is 41.4 cm³/mol. The van der Waals surface area contributed by atoms with Crippen LogP contribution in [0.1, 0.15) is 6.92 Å². The monoisotopic (exact) mass is 202 g/mol. The molecular formula is C5H12F2N2O2S. The number of hydrogen-bond donors (Lipinski definition) is 2. The van der Waals surface area contributed by atoms with Gasteiger partial charge in [-0.1, -0.05) is 0 Å². The fourth-order valence-electron chi connectivity index (χ4n) is 0.406. The van der Waals surface area contributed by atoms with Crippen molar-refractivity contribution in [2.75, 3.05) is 13.6 Å². The molecule has 0 heterocycles. The Labute approximate surface area is 70.4 Å². The predicted octanol–water partition coefficient (Wildman–Crippen LogP) is -0.264. The highest BCUT2D eigenvalue weighted by Gasteiger charge is 2.23. The van der Waals surface area contributed by atoms with E-state index in [1.54, 1.807) is 18.7 Å². The third-order valence-corrected chi connectivity index (χ3v) is 2.36. The maximum atomic E-state index is 11.7. The minimum absolute atomic E-state index is 0.0385. The normalized spacial score (nSPS) is 15.1. The molecule has 0 saturated carbocycles. The molecule has 0 spiro atoms. The summed E-state index contributed by atoms with van der Waals surface area (Å²) in [6, 6.07) is -0.168. The largest absolute Gasteiger partial charge is 0.350 e. The quantitative estimate of drug-likeness (QED) is 0.645. The molecule has 0 saturated heterocycles. The third-order valence-electron chi connectivity index (χ3n) is 1.32. The van der Waals surface area contributed by atoms with E-state index in [0.29, 0.717) is 0 Å². The Balaban J connectivity index is 3.94. The van der Waals surface area contributed by atoms with Gasteiger partial charge < -0.3 is 5.32 Å². The number of alkyl halides is 2. The smallest absolute Gasteiger partial charge is 0.316 e. The summed E-state index contributed by atoms with van der Waals surface area (Å²) < 4.78 is 46.1. The van der Waals surface area contributed by atoms with Gasteiger partial charge in [-0.15, -0.1) is 0 Å². The molecule has 0 bridgehead atoms. The summed E-state index contributed by atoms with van der Waals surface area (Å²) in [6.45, 7) is 1.64. The second-order valence-electron chi connectivity index (χ2n) is 2.34. The molecule has 0 fully saturated rings. The van der Waals surface area contributed by atoms with Crippen LogP contribution in [-0.2, 0) is 10.0 Å². The van der Waals surface area contributed by atoms with Crippen LogP contribution < -0.4 is 10.0 Å². The third kappa shape index (κ3) is 3.93. The van der Waals surface area contributed by atoms with Gasteiger partial charge in [-0.3, -0.25) is 0 Å².